The topological polar surface area (TPSA) is 88.1 Å². The van der Waals surface area contributed by atoms with Crippen LogP contribution in [0.1, 0.15) is 24.0 Å². The summed E-state index contributed by atoms with van der Waals surface area (Å²) in [5.74, 6) is -0.657. The molecule has 0 aromatic heterocycles. The molecule has 0 saturated carbocycles. The molecule has 2 aromatic rings. The van der Waals surface area contributed by atoms with Gasteiger partial charge >= 0.3 is 0 Å². The van der Waals surface area contributed by atoms with Crippen LogP contribution in [0.2, 0.25) is 0 Å². The zero-order valence-corrected chi connectivity index (χ0v) is 15.9. The smallest absolute Gasteiger partial charge is 0.227 e. The van der Waals surface area contributed by atoms with Crippen LogP contribution < -0.4 is 10.5 Å². The molecule has 0 bridgehead atoms. The number of ether oxygens (including phenoxy) is 1. The van der Waals surface area contributed by atoms with Gasteiger partial charge in [-0.25, -0.2) is 9.38 Å². The molecule has 0 spiro atoms. The largest absolute Gasteiger partial charge is 0.489 e. The molecule has 1 aliphatic carbocycles. The quantitative estimate of drug-likeness (QED) is 0.590. The van der Waals surface area contributed by atoms with Crippen LogP contribution in [0.25, 0.3) is 0 Å². The van der Waals surface area contributed by atoms with Gasteiger partial charge in [-0.05, 0) is 48.7 Å². The van der Waals surface area contributed by atoms with E-state index in [-0.39, 0.29) is 11.6 Å². The zero-order chi connectivity index (χ0) is 20.3. The number of amides is 1. The standard InChI is InChI=1S/C21H24FN3O3/c1-13(25(2)9-10-28-19-6-4-3-5-17(19)22)24-15-8-7-14-11-18(26)20(21(23)27)16(14)12-15/h3-8,12,18,20,26H,9-11H2,1-2H3,(H2,23,27). The fourth-order valence-corrected chi connectivity index (χ4v) is 3.31. The summed E-state index contributed by atoms with van der Waals surface area (Å²) in [6.07, 6.45) is -0.370. The number of nitrogens with zero attached hydrogens (tertiary/aromatic N) is 2. The Hall–Kier alpha value is -2.93. The van der Waals surface area contributed by atoms with E-state index < -0.39 is 17.9 Å². The van der Waals surface area contributed by atoms with Crippen molar-refractivity contribution < 1.29 is 19.0 Å². The summed E-state index contributed by atoms with van der Waals surface area (Å²) in [6.45, 7) is 2.69. The Morgan fingerprint density at radius 2 is 2.11 bits per heavy atom. The second-order valence-corrected chi connectivity index (χ2v) is 6.89. The lowest BCUT2D eigenvalue weighted by atomic mass is 9.99. The average molecular weight is 385 g/mol. The Kier molecular flexibility index (Phi) is 5.94. The van der Waals surface area contributed by atoms with Crippen LogP contribution in [-0.4, -0.2) is 48.1 Å². The maximum absolute atomic E-state index is 13.6. The number of carbonyl (C=O) groups excluding carboxylic acids is 1. The summed E-state index contributed by atoms with van der Waals surface area (Å²) in [4.78, 5) is 18.1. The van der Waals surface area contributed by atoms with Gasteiger partial charge in [0, 0.05) is 7.05 Å². The average Bonchev–Trinajstić information content (AvgIpc) is 2.98. The molecule has 3 N–H and O–H groups in total. The Balaban J connectivity index is 1.65. The van der Waals surface area contributed by atoms with E-state index in [0.29, 0.717) is 25.3 Å². The van der Waals surface area contributed by atoms with E-state index in [1.807, 2.05) is 31.0 Å². The molecule has 2 aromatic carbocycles. The first-order chi connectivity index (χ1) is 13.4. The Morgan fingerprint density at radius 3 is 2.82 bits per heavy atom. The third-order valence-corrected chi connectivity index (χ3v) is 4.95. The number of aliphatic imine (C=N–C) groups is 1. The highest BCUT2D eigenvalue weighted by Crippen LogP contribution is 2.35. The van der Waals surface area contributed by atoms with Gasteiger partial charge in [-0.15, -0.1) is 0 Å². The van der Waals surface area contributed by atoms with Gasteiger partial charge < -0.3 is 20.5 Å². The number of benzene rings is 2. The van der Waals surface area contributed by atoms with E-state index in [1.165, 1.54) is 6.07 Å². The van der Waals surface area contributed by atoms with Gasteiger partial charge in [-0.3, -0.25) is 4.79 Å². The van der Waals surface area contributed by atoms with Crippen molar-refractivity contribution in [2.75, 3.05) is 20.2 Å². The van der Waals surface area contributed by atoms with Crippen molar-refractivity contribution >= 4 is 17.4 Å². The highest BCUT2D eigenvalue weighted by atomic mass is 19.1. The molecule has 0 saturated heterocycles. The van der Waals surface area contributed by atoms with Gasteiger partial charge in [0.15, 0.2) is 11.6 Å². The predicted octanol–water partition coefficient (Wildman–Crippen LogP) is 2.37. The number of rotatable bonds is 6. The maximum Gasteiger partial charge on any atom is 0.227 e. The number of amidine groups is 1. The number of hydrogen-bond donors (Lipinski definition) is 2. The van der Waals surface area contributed by atoms with Gasteiger partial charge in [-0.1, -0.05) is 18.2 Å². The molecule has 0 radical (unpaired) electrons. The molecule has 7 heteroatoms. The van der Waals surface area contributed by atoms with Crippen molar-refractivity contribution in [3.05, 3.63) is 59.4 Å². The van der Waals surface area contributed by atoms with Gasteiger partial charge in [-0.2, -0.15) is 0 Å². The molecule has 2 atom stereocenters. The molecule has 1 amide bonds. The van der Waals surface area contributed by atoms with Crippen molar-refractivity contribution in [3.8, 4) is 5.75 Å². The molecule has 28 heavy (non-hydrogen) atoms. The number of nitrogens with two attached hydrogens (primary N) is 1. The molecule has 0 heterocycles. The molecule has 0 aliphatic heterocycles. The van der Waals surface area contributed by atoms with Crippen LogP contribution in [-0.2, 0) is 11.2 Å². The Morgan fingerprint density at radius 1 is 1.36 bits per heavy atom. The third kappa shape index (κ3) is 4.31. The van der Waals surface area contributed by atoms with E-state index in [2.05, 4.69) is 4.99 Å². The summed E-state index contributed by atoms with van der Waals surface area (Å²) in [5.41, 5.74) is 7.76. The SMILES string of the molecule is CC(=Nc1ccc2c(c1)C(C(N)=O)C(O)C2)N(C)CCOc1ccccc1F. The summed E-state index contributed by atoms with van der Waals surface area (Å²) >= 11 is 0. The number of primary amides is 1. The van der Waals surface area contributed by atoms with Crippen LogP contribution in [0.3, 0.4) is 0 Å². The first-order valence-electron chi connectivity index (χ1n) is 9.10. The molecule has 148 valence electrons. The normalized spacial score (nSPS) is 18.6. The van der Waals surface area contributed by atoms with E-state index in [1.54, 1.807) is 24.3 Å². The fourth-order valence-electron chi connectivity index (χ4n) is 3.31. The molecule has 3 rings (SSSR count). The maximum atomic E-state index is 13.6. The summed E-state index contributed by atoms with van der Waals surface area (Å²) < 4.78 is 19.0. The lowest BCUT2D eigenvalue weighted by molar-refractivity contribution is -0.121. The minimum absolute atomic E-state index is 0.222. The van der Waals surface area contributed by atoms with Gasteiger partial charge in [0.1, 0.15) is 12.4 Å². The second-order valence-electron chi connectivity index (χ2n) is 6.89. The minimum Gasteiger partial charge on any atom is -0.489 e. The van der Waals surface area contributed by atoms with Crippen LogP contribution in [0.4, 0.5) is 10.1 Å². The van der Waals surface area contributed by atoms with Gasteiger partial charge in [0.05, 0.1) is 24.3 Å². The number of carbonyl (C=O) groups is 1. The van der Waals surface area contributed by atoms with E-state index in [9.17, 15) is 14.3 Å². The van der Waals surface area contributed by atoms with Crippen LogP contribution in [0.5, 0.6) is 5.75 Å². The second kappa shape index (κ2) is 8.39. The lowest BCUT2D eigenvalue weighted by Gasteiger charge is -2.19. The molecular formula is C21H24FN3O3. The summed E-state index contributed by atoms with van der Waals surface area (Å²) in [7, 11) is 1.87. The van der Waals surface area contributed by atoms with Crippen molar-refractivity contribution in [2.45, 2.75) is 25.4 Å². The lowest BCUT2D eigenvalue weighted by Crippen LogP contribution is -2.29. The van der Waals surface area contributed by atoms with E-state index >= 15 is 0 Å². The van der Waals surface area contributed by atoms with Crippen molar-refractivity contribution in [1.29, 1.82) is 0 Å². The van der Waals surface area contributed by atoms with Crippen molar-refractivity contribution in [2.24, 2.45) is 10.7 Å². The van der Waals surface area contributed by atoms with Crippen molar-refractivity contribution in [3.63, 3.8) is 0 Å². The number of para-hydroxylation sites is 1. The van der Waals surface area contributed by atoms with Crippen LogP contribution >= 0.6 is 0 Å². The van der Waals surface area contributed by atoms with Crippen LogP contribution in [0.15, 0.2) is 47.5 Å². The minimum atomic E-state index is -0.786. The number of likely N-dealkylation sites (N-methyl/N-ethyl adjacent to an activating group) is 1. The van der Waals surface area contributed by atoms with Crippen molar-refractivity contribution in [1.82, 2.24) is 4.90 Å². The fraction of sp³-hybridized carbons (Fsp3) is 0.333. The first-order valence-corrected chi connectivity index (χ1v) is 9.10. The third-order valence-electron chi connectivity index (χ3n) is 4.95. The van der Waals surface area contributed by atoms with Gasteiger partial charge in [0.2, 0.25) is 5.91 Å². The number of halogens is 1. The monoisotopic (exact) mass is 385 g/mol. The number of aliphatic hydroxyl groups is 1. The number of hydrogen-bond acceptors (Lipinski definition) is 4. The highest BCUT2D eigenvalue weighted by Gasteiger charge is 2.35. The number of fused-ring (bicyclic) bond motifs is 1. The predicted molar refractivity (Wildman–Crippen MR) is 105 cm³/mol. The zero-order valence-electron chi connectivity index (χ0n) is 15.9. The number of aliphatic hydroxyl groups excluding tert-OH is 1. The summed E-state index contributed by atoms with van der Waals surface area (Å²) in [6, 6.07) is 11.8. The molecule has 0 fully saturated rings. The molecular weight excluding hydrogens is 361 g/mol. The van der Waals surface area contributed by atoms with E-state index in [4.69, 9.17) is 10.5 Å². The van der Waals surface area contributed by atoms with Crippen LogP contribution in [0, 0.1) is 5.82 Å². The molecule has 6 nitrogen and oxygen atoms in total. The Bertz CT molecular complexity index is 900. The van der Waals surface area contributed by atoms with E-state index in [0.717, 1.165) is 17.0 Å². The molecule has 2 unspecified atom stereocenters. The van der Waals surface area contributed by atoms with Gasteiger partial charge in [0.25, 0.3) is 0 Å². The highest BCUT2D eigenvalue weighted by molar-refractivity contribution is 5.85. The first kappa shape index (κ1) is 19.8. The Labute approximate surface area is 163 Å². The summed E-state index contributed by atoms with van der Waals surface area (Å²) in [5, 5.41) is 10.1. The molecule has 1 aliphatic rings.